The van der Waals surface area contributed by atoms with Crippen LogP contribution >= 0.6 is 0 Å². The molecule has 2 aliphatic rings. The summed E-state index contributed by atoms with van der Waals surface area (Å²) in [6.07, 6.45) is 4.48. The quantitative estimate of drug-likeness (QED) is 0.633. The number of rotatable bonds is 8. The Balaban J connectivity index is 1.63. The third kappa shape index (κ3) is 4.00. The Morgan fingerprint density at radius 1 is 1.26 bits per heavy atom. The van der Waals surface area contributed by atoms with Gasteiger partial charge >= 0.3 is 5.69 Å². The molecule has 1 atom stereocenters. The second-order valence-electron chi connectivity index (χ2n) is 8.67. The van der Waals surface area contributed by atoms with Crippen molar-refractivity contribution in [2.45, 2.75) is 38.1 Å². The van der Waals surface area contributed by atoms with Crippen molar-refractivity contribution in [2.75, 3.05) is 51.1 Å². The molecule has 1 saturated carbocycles. The molecule has 1 saturated heterocycles. The highest BCUT2D eigenvalue weighted by Crippen LogP contribution is 2.42. The molecule has 2 fully saturated rings. The van der Waals surface area contributed by atoms with E-state index in [2.05, 4.69) is 22.9 Å². The van der Waals surface area contributed by atoms with E-state index in [1.165, 1.54) is 0 Å². The maximum atomic E-state index is 12.8. The minimum atomic E-state index is -0.499. The summed E-state index contributed by atoms with van der Waals surface area (Å²) in [4.78, 5) is 29.9. The zero-order chi connectivity index (χ0) is 22.1. The van der Waals surface area contributed by atoms with Gasteiger partial charge < -0.3 is 20.4 Å². The van der Waals surface area contributed by atoms with Crippen LogP contribution in [0.2, 0.25) is 0 Å². The first kappa shape index (κ1) is 21.2. The highest BCUT2D eigenvalue weighted by atomic mass is 16.5. The molecule has 0 radical (unpaired) electrons. The zero-order valence-electron chi connectivity index (χ0n) is 18.2. The average Bonchev–Trinajstić information content (AvgIpc) is 3.50. The number of aromatic nitrogens is 2. The number of nitrogen functional groups attached to an aromatic ring is 1. The number of nitrogens with two attached hydrogens (primary N) is 1. The number of benzene rings is 1. The van der Waals surface area contributed by atoms with Crippen LogP contribution in [0.3, 0.4) is 0 Å². The van der Waals surface area contributed by atoms with E-state index < -0.39 is 11.2 Å². The summed E-state index contributed by atoms with van der Waals surface area (Å²) in [6, 6.07) is 5.92. The van der Waals surface area contributed by atoms with E-state index in [1.54, 1.807) is 17.7 Å². The Kier molecular flexibility index (Phi) is 5.92. The fourth-order valence-electron chi connectivity index (χ4n) is 4.57. The van der Waals surface area contributed by atoms with Gasteiger partial charge in [0, 0.05) is 32.1 Å². The molecule has 31 heavy (non-hydrogen) atoms. The molecule has 0 bridgehead atoms. The van der Waals surface area contributed by atoms with E-state index in [4.69, 9.17) is 15.8 Å². The topological polar surface area (TPSA) is 110 Å². The molecule has 2 N–H and O–H groups in total. The molecular formula is C22H30N6O3. The highest BCUT2D eigenvalue weighted by Gasteiger charge is 2.32. The van der Waals surface area contributed by atoms with Crippen LogP contribution in [-0.2, 0) is 0 Å². The molecule has 9 heteroatoms. The van der Waals surface area contributed by atoms with Crippen molar-refractivity contribution in [3.8, 4) is 11.8 Å². The predicted octanol–water partition coefficient (Wildman–Crippen LogP) is 1.28. The average molecular weight is 427 g/mol. The number of methoxy groups -OCH3 is 1. The monoisotopic (exact) mass is 426 g/mol. The van der Waals surface area contributed by atoms with Crippen molar-refractivity contribution >= 4 is 16.6 Å². The molecule has 0 spiro atoms. The van der Waals surface area contributed by atoms with Gasteiger partial charge in [-0.3, -0.25) is 9.36 Å². The maximum absolute atomic E-state index is 12.8. The van der Waals surface area contributed by atoms with E-state index >= 15 is 0 Å². The number of nitrogens with zero attached hydrogens (tertiary/aromatic N) is 5. The predicted molar refractivity (Wildman–Crippen MR) is 120 cm³/mol. The number of anilines is 1. The van der Waals surface area contributed by atoms with Crippen molar-refractivity contribution in [2.24, 2.45) is 5.92 Å². The Labute approximate surface area is 181 Å². The fourth-order valence-corrected chi connectivity index (χ4v) is 4.57. The first-order chi connectivity index (χ1) is 15.0. The summed E-state index contributed by atoms with van der Waals surface area (Å²) in [5, 5.41) is 9.15. The third-order valence-corrected chi connectivity index (χ3v) is 6.48. The van der Waals surface area contributed by atoms with Crippen LogP contribution in [0, 0.1) is 17.2 Å². The van der Waals surface area contributed by atoms with E-state index in [9.17, 15) is 9.59 Å². The van der Waals surface area contributed by atoms with E-state index in [0.29, 0.717) is 33.7 Å². The largest absolute Gasteiger partial charge is 0.492 e. The second kappa shape index (κ2) is 8.63. The lowest BCUT2D eigenvalue weighted by atomic mass is 10.0. The molecule has 0 amide bonds. The smallest absolute Gasteiger partial charge is 0.350 e. The molecule has 2 heterocycles. The van der Waals surface area contributed by atoms with Gasteiger partial charge in [0.2, 0.25) is 0 Å². The van der Waals surface area contributed by atoms with Gasteiger partial charge in [-0.2, -0.15) is 9.94 Å². The summed E-state index contributed by atoms with van der Waals surface area (Å²) in [5.41, 5.74) is 0.480. The molecule has 4 rings (SSSR count). The van der Waals surface area contributed by atoms with Crippen molar-refractivity contribution in [1.82, 2.24) is 14.1 Å². The second-order valence-corrected chi connectivity index (χ2v) is 8.67. The minimum Gasteiger partial charge on any atom is -0.492 e. The molecule has 9 nitrogen and oxygen atoms in total. The first-order valence-electron chi connectivity index (χ1n) is 10.9. The van der Waals surface area contributed by atoms with Crippen LogP contribution in [0.5, 0.6) is 5.75 Å². The Morgan fingerprint density at radius 2 is 2.03 bits per heavy atom. The molecule has 1 aliphatic carbocycles. The lowest BCUT2D eigenvalue weighted by molar-refractivity contribution is 0.312. The molecule has 166 valence electrons. The van der Waals surface area contributed by atoms with Crippen molar-refractivity contribution in [3.63, 3.8) is 0 Å². The highest BCUT2D eigenvalue weighted by molar-refractivity contribution is 5.90. The van der Waals surface area contributed by atoms with Crippen LogP contribution in [0.25, 0.3) is 10.9 Å². The van der Waals surface area contributed by atoms with Crippen LogP contribution in [0.15, 0.2) is 21.7 Å². The lowest BCUT2D eigenvalue weighted by Crippen LogP contribution is -2.44. The van der Waals surface area contributed by atoms with Gasteiger partial charge in [-0.1, -0.05) is 0 Å². The maximum Gasteiger partial charge on any atom is 0.350 e. The molecule has 1 aromatic carbocycles. The fraction of sp³-hybridized carbons (Fsp3) is 0.591. The third-order valence-electron chi connectivity index (χ3n) is 6.48. The summed E-state index contributed by atoms with van der Waals surface area (Å²) < 4.78 is 8.13. The minimum absolute atomic E-state index is 0.0600. The van der Waals surface area contributed by atoms with Gasteiger partial charge in [-0.15, -0.1) is 0 Å². The van der Waals surface area contributed by atoms with Gasteiger partial charge in [0.25, 0.3) is 5.56 Å². The molecule has 1 aromatic heterocycles. The van der Waals surface area contributed by atoms with E-state index in [0.717, 1.165) is 57.5 Å². The normalized spacial score (nSPS) is 18.6. The number of ether oxygens (including phenoxy) is 1. The van der Waals surface area contributed by atoms with E-state index in [-0.39, 0.29) is 6.04 Å². The molecular weight excluding hydrogens is 396 g/mol. The van der Waals surface area contributed by atoms with Crippen LogP contribution < -0.4 is 26.7 Å². The summed E-state index contributed by atoms with van der Waals surface area (Å²) in [6.45, 7) is 3.56. The van der Waals surface area contributed by atoms with Crippen LogP contribution in [-0.4, -0.2) is 54.5 Å². The first-order valence-corrected chi connectivity index (χ1v) is 10.9. The lowest BCUT2D eigenvalue weighted by Gasteiger charge is -2.24. The van der Waals surface area contributed by atoms with Crippen molar-refractivity contribution < 1.29 is 4.74 Å². The summed E-state index contributed by atoms with van der Waals surface area (Å²) in [7, 11) is 3.64. The van der Waals surface area contributed by atoms with Gasteiger partial charge in [0.15, 0.2) is 5.75 Å². The molecule has 2 aromatic rings. The summed E-state index contributed by atoms with van der Waals surface area (Å²) >= 11 is 0. The SMILES string of the molecule is COc1c(N2CCC(CCN(C)CCC#N)C2)ccc2c(=O)n(N)c(=O)n(C3CC3)c12. The van der Waals surface area contributed by atoms with E-state index in [1.807, 2.05) is 6.07 Å². The Hall–Kier alpha value is -2.99. The molecule has 1 aliphatic heterocycles. The van der Waals surface area contributed by atoms with Gasteiger partial charge in [0.1, 0.15) is 5.52 Å². The number of fused-ring (bicyclic) bond motifs is 1. The summed E-state index contributed by atoms with van der Waals surface area (Å²) in [5.74, 6) is 6.89. The number of hydrogen-bond acceptors (Lipinski definition) is 7. The Bertz CT molecular complexity index is 1130. The van der Waals surface area contributed by atoms with Crippen molar-refractivity contribution in [3.05, 3.63) is 33.0 Å². The van der Waals surface area contributed by atoms with Gasteiger partial charge in [-0.25, -0.2) is 4.79 Å². The standard InChI is InChI=1S/C22H30N6O3/c1-25(11-3-10-23)12-8-15-9-13-26(14-15)18-7-6-17-19(20(18)31-2)27(16-4-5-16)22(30)28(24)21(17)29/h6-7,15-16H,3-5,8-9,11-14,24H2,1-2H3. The van der Waals surface area contributed by atoms with Crippen LogP contribution in [0.4, 0.5) is 5.69 Å². The Morgan fingerprint density at radius 3 is 2.71 bits per heavy atom. The number of nitriles is 1. The van der Waals surface area contributed by atoms with Gasteiger partial charge in [0.05, 0.1) is 24.3 Å². The molecule has 1 unspecified atom stereocenters. The van der Waals surface area contributed by atoms with Gasteiger partial charge in [-0.05, 0) is 57.3 Å². The number of hydrogen-bond donors (Lipinski definition) is 1. The van der Waals surface area contributed by atoms with Crippen LogP contribution in [0.1, 0.15) is 38.1 Å². The van der Waals surface area contributed by atoms with Crippen molar-refractivity contribution in [1.29, 1.82) is 5.26 Å². The zero-order valence-corrected chi connectivity index (χ0v) is 18.2.